The van der Waals surface area contributed by atoms with E-state index < -0.39 is 16.5 Å². The molecule has 0 unspecified atom stereocenters. The summed E-state index contributed by atoms with van der Waals surface area (Å²) in [5, 5.41) is 0. The predicted molar refractivity (Wildman–Crippen MR) is 144 cm³/mol. The van der Waals surface area contributed by atoms with Crippen LogP contribution in [-0.4, -0.2) is 23.9 Å². The van der Waals surface area contributed by atoms with Crippen LogP contribution in [0.4, 0.5) is 13.2 Å². The lowest BCUT2D eigenvalue weighted by molar-refractivity contribution is -0.145. The Morgan fingerprint density at radius 3 is 1.97 bits per heavy atom. The van der Waals surface area contributed by atoms with Crippen LogP contribution >= 0.6 is 11.8 Å². The number of carbonyl (C=O) groups excluding carboxylic acids is 1. The van der Waals surface area contributed by atoms with Crippen molar-refractivity contribution in [3.63, 3.8) is 0 Å². The maximum Gasteiger partial charge on any atom is 0.416 e. The molecule has 3 aromatic rings. The summed E-state index contributed by atoms with van der Waals surface area (Å²) in [4.78, 5) is 13.3. The summed E-state index contributed by atoms with van der Waals surface area (Å²) < 4.78 is 48.8. The van der Waals surface area contributed by atoms with Crippen molar-refractivity contribution in [2.45, 2.75) is 49.9 Å². The smallest absolute Gasteiger partial charge is 0.416 e. The highest BCUT2D eigenvalue weighted by atomic mass is 32.2. The van der Waals surface area contributed by atoms with Crippen LogP contribution in [-0.2, 0) is 15.7 Å². The first-order chi connectivity index (χ1) is 17.6. The van der Waals surface area contributed by atoms with E-state index in [-0.39, 0.29) is 5.97 Å². The highest BCUT2D eigenvalue weighted by molar-refractivity contribution is 8.01. The zero-order valence-electron chi connectivity index (χ0n) is 21.4. The van der Waals surface area contributed by atoms with Crippen molar-refractivity contribution < 1.29 is 27.4 Å². The average molecular weight is 529 g/mol. The Balaban J connectivity index is 1.57. The number of benzene rings is 3. The summed E-state index contributed by atoms with van der Waals surface area (Å²) in [5.74, 6) is 0.510. The van der Waals surface area contributed by atoms with Crippen molar-refractivity contribution in [1.29, 1.82) is 0 Å². The average Bonchev–Trinajstić information content (AvgIpc) is 2.89. The Morgan fingerprint density at radius 2 is 1.46 bits per heavy atom. The molecular formula is C30H31F3O3S. The minimum Gasteiger partial charge on any atom is -0.490 e. The van der Waals surface area contributed by atoms with E-state index in [0.29, 0.717) is 19.6 Å². The zero-order valence-corrected chi connectivity index (χ0v) is 22.2. The fourth-order valence-electron chi connectivity index (χ4n) is 3.56. The van der Waals surface area contributed by atoms with Crippen LogP contribution in [0.5, 0.6) is 5.75 Å². The van der Waals surface area contributed by atoms with Gasteiger partial charge in [0.15, 0.2) is 0 Å². The molecule has 37 heavy (non-hydrogen) atoms. The van der Waals surface area contributed by atoms with Crippen molar-refractivity contribution in [2.24, 2.45) is 0 Å². The number of carbonyl (C=O) groups is 1. The lowest BCUT2D eigenvalue weighted by atomic mass is 10.00. The number of rotatable bonds is 10. The molecule has 196 valence electrons. The molecule has 0 aromatic heterocycles. The maximum atomic E-state index is 12.8. The molecule has 0 aliphatic rings. The first-order valence-corrected chi connectivity index (χ1v) is 12.9. The number of hydrogen-bond donors (Lipinski definition) is 0. The summed E-state index contributed by atoms with van der Waals surface area (Å²) in [6.07, 6.45) is -1.71. The summed E-state index contributed by atoms with van der Waals surface area (Å²) in [7, 11) is 0. The largest absolute Gasteiger partial charge is 0.490 e. The molecule has 7 heteroatoms. The molecule has 0 amide bonds. The quantitative estimate of drug-likeness (QED) is 0.195. The lowest BCUT2D eigenvalue weighted by Gasteiger charge is -2.25. The van der Waals surface area contributed by atoms with E-state index in [0.717, 1.165) is 45.0 Å². The minimum absolute atomic E-state index is 0.212. The number of thioether (sulfide) groups is 1. The van der Waals surface area contributed by atoms with Crippen LogP contribution in [0.15, 0.2) is 83.8 Å². The molecule has 3 nitrogen and oxygen atoms in total. The molecule has 1 atom stereocenters. The monoisotopic (exact) mass is 528 g/mol. The highest BCUT2D eigenvalue weighted by Gasteiger charge is 2.34. The van der Waals surface area contributed by atoms with Gasteiger partial charge in [-0.1, -0.05) is 43.3 Å². The maximum absolute atomic E-state index is 12.8. The van der Waals surface area contributed by atoms with Gasteiger partial charge in [0.1, 0.15) is 17.1 Å². The Bertz CT molecular complexity index is 1200. The summed E-state index contributed by atoms with van der Waals surface area (Å²) in [5.41, 5.74) is 2.95. The van der Waals surface area contributed by atoms with Crippen molar-refractivity contribution >= 4 is 23.3 Å². The minimum atomic E-state index is -4.34. The van der Waals surface area contributed by atoms with Gasteiger partial charge in [0.25, 0.3) is 0 Å². The van der Waals surface area contributed by atoms with Crippen LogP contribution in [0.3, 0.4) is 0 Å². The SMILES string of the molecule is CCOC(=O)[C@](C)(CC)Sc1ccc(OCC=C(C)c2ccc(-c3ccc(C(F)(F)F)cc3)cc2)cc1. The van der Waals surface area contributed by atoms with Gasteiger partial charge in [-0.15, -0.1) is 11.8 Å². The van der Waals surface area contributed by atoms with Gasteiger partial charge < -0.3 is 9.47 Å². The number of halogens is 3. The van der Waals surface area contributed by atoms with E-state index >= 15 is 0 Å². The number of allylic oxidation sites excluding steroid dienone is 1. The Morgan fingerprint density at radius 1 is 0.892 bits per heavy atom. The van der Waals surface area contributed by atoms with Crippen molar-refractivity contribution in [2.75, 3.05) is 13.2 Å². The molecule has 0 saturated heterocycles. The second-order valence-corrected chi connectivity index (χ2v) is 10.3. The lowest BCUT2D eigenvalue weighted by Crippen LogP contribution is -2.32. The van der Waals surface area contributed by atoms with Gasteiger partial charge in [0, 0.05) is 4.90 Å². The van der Waals surface area contributed by atoms with Gasteiger partial charge in [-0.25, -0.2) is 0 Å². The second-order valence-electron chi connectivity index (χ2n) is 8.73. The Hall–Kier alpha value is -3.19. The van der Waals surface area contributed by atoms with E-state index in [1.807, 2.05) is 75.4 Å². The van der Waals surface area contributed by atoms with E-state index in [4.69, 9.17) is 9.47 Å². The molecule has 0 aliphatic heterocycles. The van der Waals surface area contributed by atoms with Gasteiger partial charge in [-0.3, -0.25) is 4.79 Å². The molecule has 0 N–H and O–H groups in total. The van der Waals surface area contributed by atoms with Crippen molar-refractivity contribution in [3.8, 4) is 16.9 Å². The van der Waals surface area contributed by atoms with Gasteiger partial charge in [0.2, 0.25) is 0 Å². The second kappa shape index (κ2) is 12.4. The standard InChI is InChI=1S/C30H31F3O3S/c1-5-29(4,28(34)35-6-2)37-27-17-15-26(16-18-27)36-20-19-21(3)22-7-9-23(10-8-22)24-11-13-25(14-12-24)30(31,32)33/h7-19H,5-6,20H2,1-4H3/t29-/m0/s1. The van der Waals surface area contributed by atoms with Gasteiger partial charge >= 0.3 is 12.1 Å². The van der Waals surface area contributed by atoms with E-state index in [1.54, 1.807) is 6.92 Å². The number of alkyl halides is 3. The molecule has 0 aliphatic carbocycles. The fraction of sp³-hybridized carbons (Fsp3) is 0.300. The molecule has 3 aromatic carbocycles. The molecule has 0 saturated carbocycles. The van der Waals surface area contributed by atoms with Crippen molar-refractivity contribution in [3.05, 3.63) is 90.0 Å². The molecule has 3 rings (SSSR count). The van der Waals surface area contributed by atoms with E-state index in [1.165, 1.54) is 23.9 Å². The molecule has 0 radical (unpaired) electrons. The molecule has 0 heterocycles. The number of hydrogen-bond acceptors (Lipinski definition) is 4. The first-order valence-electron chi connectivity index (χ1n) is 12.1. The zero-order chi connectivity index (χ0) is 27.1. The predicted octanol–water partition coefficient (Wildman–Crippen LogP) is 8.68. The van der Waals surface area contributed by atoms with Crippen molar-refractivity contribution in [1.82, 2.24) is 0 Å². The van der Waals surface area contributed by atoms with Gasteiger partial charge in [-0.2, -0.15) is 13.2 Å². The summed E-state index contributed by atoms with van der Waals surface area (Å²) in [6.45, 7) is 8.39. The van der Waals surface area contributed by atoms with Crippen LogP contribution < -0.4 is 4.74 Å². The van der Waals surface area contributed by atoms with Gasteiger partial charge in [-0.05, 0) is 91.9 Å². The van der Waals surface area contributed by atoms with Crippen LogP contribution in [0.25, 0.3) is 16.7 Å². The third kappa shape index (κ3) is 7.65. The number of ether oxygens (including phenoxy) is 2. The Labute approximate surface area is 220 Å². The third-order valence-corrected chi connectivity index (χ3v) is 7.49. The van der Waals surface area contributed by atoms with E-state index in [2.05, 4.69) is 0 Å². The molecular weight excluding hydrogens is 497 g/mol. The topological polar surface area (TPSA) is 35.5 Å². The fourth-order valence-corrected chi connectivity index (χ4v) is 4.64. The summed E-state index contributed by atoms with van der Waals surface area (Å²) in [6, 6.07) is 20.5. The first kappa shape index (κ1) is 28.4. The molecule has 0 fully saturated rings. The highest BCUT2D eigenvalue weighted by Crippen LogP contribution is 2.37. The molecule has 0 spiro atoms. The van der Waals surface area contributed by atoms with E-state index in [9.17, 15) is 18.0 Å². The summed E-state index contributed by atoms with van der Waals surface area (Å²) >= 11 is 1.48. The number of esters is 1. The molecule has 0 bridgehead atoms. The normalized spacial score (nSPS) is 13.6. The van der Waals surface area contributed by atoms with Crippen LogP contribution in [0.1, 0.15) is 45.2 Å². The third-order valence-electron chi connectivity index (χ3n) is 6.07. The van der Waals surface area contributed by atoms with Crippen LogP contribution in [0.2, 0.25) is 0 Å². The van der Waals surface area contributed by atoms with Crippen LogP contribution in [0, 0.1) is 0 Å². The van der Waals surface area contributed by atoms with Gasteiger partial charge in [0.05, 0.1) is 12.2 Å². The Kier molecular flexibility index (Phi) is 9.49.